The molecule has 2 rings (SSSR count). The fourth-order valence-electron chi connectivity index (χ4n) is 1.94. The fraction of sp³-hybridized carbons (Fsp3) is 0.133. The van der Waals surface area contributed by atoms with Crippen molar-refractivity contribution in [3.8, 4) is 0 Å². The smallest absolute Gasteiger partial charge is 0.337 e. The molecule has 0 heterocycles. The van der Waals surface area contributed by atoms with Gasteiger partial charge in [-0.3, -0.25) is 0 Å². The van der Waals surface area contributed by atoms with Crippen LogP contribution >= 0.6 is 0 Å². The van der Waals surface area contributed by atoms with Crippen molar-refractivity contribution in [3.63, 3.8) is 0 Å². The second kappa shape index (κ2) is 5.02. The summed E-state index contributed by atoms with van der Waals surface area (Å²) in [6, 6.07) is 10.5. The highest BCUT2D eigenvalue weighted by molar-refractivity contribution is 5.95. The molecule has 2 aromatic rings. The Hall–Kier alpha value is -2.49. The fourth-order valence-corrected chi connectivity index (χ4v) is 1.94. The van der Waals surface area contributed by atoms with Crippen LogP contribution in [0, 0.1) is 13.8 Å². The largest absolute Gasteiger partial charge is 0.478 e. The van der Waals surface area contributed by atoms with Gasteiger partial charge in [-0.15, -0.1) is 0 Å². The Balaban J connectivity index is 2.45. The van der Waals surface area contributed by atoms with Crippen LogP contribution in [-0.4, -0.2) is 11.1 Å². The molecular formula is C15H16N2O2. The Kier molecular flexibility index (Phi) is 3.42. The molecule has 0 amide bonds. The molecule has 0 aliphatic heterocycles. The molecule has 0 bridgehead atoms. The number of nitrogens with two attached hydrogens (primary N) is 1. The maximum absolute atomic E-state index is 11.2. The van der Waals surface area contributed by atoms with Gasteiger partial charge in [0.05, 0.1) is 11.3 Å². The summed E-state index contributed by atoms with van der Waals surface area (Å²) in [5.74, 6) is -0.957. The zero-order valence-electron chi connectivity index (χ0n) is 10.9. The third kappa shape index (κ3) is 2.68. The topological polar surface area (TPSA) is 75.3 Å². The highest BCUT2D eigenvalue weighted by atomic mass is 16.4. The van der Waals surface area contributed by atoms with Crippen LogP contribution in [0.3, 0.4) is 0 Å². The molecule has 0 aliphatic rings. The lowest BCUT2D eigenvalue weighted by molar-refractivity contribution is 0.0698. The molecule has 98 valence electrons. The molecule has 4 N–H and O–H groups in total. The van der Waals surface area contributed by atoms with Gasteiger partial charge >= 0.3 is 5.97 Å². The van der Waals surface area contributed by atoms with Crippen LogP contribution in [0.4, 0.5) is 17.1 Å². The van der Waals surface area contributed by atoms with E-state index in [0.717, 1.165) is 16.8 Å². The van der Waals surface area contributed by atoms with Crippen LogP contribution < -0.4 is 11.1 Å². The summed E-state index contributed by atoms with van der Waals surface area (Å²) in [4.78, 5) is 11.2. The van der Waals surface area contributed by atoms with Crippen molar-refractivity contribution in [2.75, 3.05) is 11.1 Å². The normalized spacial score (nSPS) is 10.2. The van der Waals surface area contributed by atoms with E-state index in [9.17, 15) is 4.79 Å². The van der Waals surface area contributed by atoms with E-state index in [2.05, 4.69) is 5.32 Å². The van der Waals surface area contributed by atoms with Gasteiger partial charge in [0.2, 0.25) is 0 Å². The molecule has 0 saturated heterocycles. The lowest BCUT2D eigenvalue weighted by Crippen LogP contribution is -2.04. The Morgan fingerprint density at radius 3 is 2.53 bits per heavy atom. The molecule has 2 aromatic carbocycles. The van der Waals surface area contributed by atoms with Crippen LogP contribution in [0.1, 0.15) is 21.5 Å². The summed E-state index contributed by atoms with van der Waals surface area (Å²) < 4.78 is 0. The summed E-state index contributed by atoms with van der Waals surface area (Å²) in [6.07, 6.45) is 0. The number of aromatic carboxylic acids is 1. The summed E-state index contributed by atoms with van der Waals surface area (Å²) in [6.45, 7) is 3.94. The minimum Gasteiger partial charge on any atom is -0.478 e. The first-order valence-corrected chi connectivity index (χ1v) is 5.95. The number of nitrogen functional groups attached to an aromatic ring is 1. The summed E-state index contributed by atoms with van der Waals surface area (Å²) in [5, 5.41) is 12.3. The van der Waals surface area contributed by atoms with Crippen molar-refractivity contribution >= 4 is 23.0 Å². The highest BCUT2D eigenvalue weighted by Crippen LogP contribution is 2.27. The van der Waals surface area contributed by atoms with Crippen LogP contribution in [-0.2, 0) is 0 Å². The zero-order valence-corrected chi connectivity index (χ0v) is 10.9. The number of carbonyl (C=O) groups is 1. The van der Waals surface area contributed by atoms with Crippen molar-refractivity contribution < 1.29 is 9.90 Å². The molecule has 0 aromatic heterocycles. The summed E-state index contributed by atoms with van der Waals surface area (Å²) >= 11 is 0. The number of nitrogens with one attached hydrogen (secondary N) is 1. The Morgan fingerprint density at radius 1 is 1.16 bits per heavy atom. The molecule has 0 fully saturated rings. The van der Waals surface area contributed by atoms with Crippen molar-refractivity contribution in [2.24, 2.45) is 0 Å². The molecule has 19 heavy (non-hydrogen) atoms. The number of rotatable bonds is 3. The minimum atomic E-state index is -0.957. The Bertz CT molecular complexity index is 636. The van der Waals surface area contributed by atoms with Gasteiger partial charge in [0.15, 0.2) is 0 Å². The third-order valence-electron chi connectivity index (χ3n) is 3.12. The standard InChI is InChI=1S/C15H16N2O2/c1-9-7-11(16)8-14(10(9)2)17-13-6-4-3-5-12(13)15(18)19/h3-8,17H,16H2,1-2H3,(H,18,19). The average molecular weight is 256 g/mol. The van der Waals surface area contributed by atoms with Crippen molar-refractivity contribution in [2.45, 2.75) is 13.8 Å². The average Bonchev–Trinajstić information content (AvgIpc) is 2.35. The molecule has 4 nitrogen and oxygen atoms in total. The zero-order chi connectivity index (χ0) is 14.0. The Morgan fingerprint density at radius 2 is 1.84 bits per heavy atom. The van der Waals surface area contributed by atoms with Gasteiger partial charge in [-0.1, -0.05) is 12.1 Å². The Labute approximate surface area is 111 Å². The molecule has 0 atom stereocenters. The predicted octanol–water partition coefficient (Wildman–Crippen LogP) is 3.33. The van der Waals surface area contributed by atoms with Gasteiger partial charge < -0.3 is 16.2 Å². The number of carboxylic acids is 1. The number of carboxylic acid groups (broad SMARTS) is 1. The molecular weight excluding hydrogens is 240 g/mol. The van der Waals surface area contributed by atoms with E-state index >= 15 is 0 Å². The SMILES string of the molecule is Cc1cc(N)cc(Nc2ccccc2C(=O)O)c1C. The minimum absolute atomic E-state index is 0.238. The van der Waals surface area contributed by atoms with Gasteiger partial charge in [-0.2, -0.15) is 0 Å². The molecule has 0 radical (unpaired) electrons. The highest BCUT2D eigenvalue weighted by Gasteiger charge is 2.10. The lowest BCUT2D eigenvalue weighted by Gasteiger charge is -2.14. The van der Waals surface area contributed by atoms with E-state index in [4.69, 9.17) is 10.8 Å². The first-order valence-electron chi connectivity index (χ1n) is 5.95. The number of hydrogen-bond acceptors (Lipinski definition) is 3. The second-order valence-corrected chi connectivity index (χ2v) is 4.49. The number of para-hydroxylation sites is 1. The molecule has 4 heteroatoms. The lowest BCUT2D eigenvalue weighted by atomic mass is 10.1. The van der Waals surface area contributed by atoms with E-state index in [0.29, 0.717) is 11.4 Å². The summed E-state index contributed by atoms with van der Waals surface area (Å²) in [5.41, 5.74) is 10.2. The molecule has 0 aliphatic carbocycles. The number of aryl methyl sites for hydroxylation is 1. The van der Waals surface area contributed by atoms with E-state index in [1.54, 1.807) is 30.3 Å². The van der Waals surface area contributed by atoms with Crippen LogP contribution in [0.25, 0.3) is 0 Å². The van der Waals surface area contributed by atoms with Crippen LogP contribution in [0.15, 0.2) is 36.4 Å². The van der Waals surface area contributed by atoms with Gasteiger partial charge in [0.25, 0.3) is 0 Å². The van der Waals surface area contributed by atoms with E-state index in [1.165, 1.54) is 0 Å². The van der Waals surface area contributed by atoms with Crippen molar-refractivity contribution in [1.82, 2.24) is 0 Å². The van der Waals surface area contributed by atoms with Gasteiger partial charge in [0, 0.05) is 11.4 Å². The maximum atomic E-state index is 11.2. The second-order valence-electron chi connectivity index (χ2n) is 4.49. The molecule has 0 unspecified atom stereocenters. The first kappa shape index (κ1) is 13.0. The van der Waals surface area contributed by atoms with E-state index < -0.39 is 5.97 Å². The molecule has 0 saturated carbocycles. The number of anilines is 3. The molecule has 0 spiro atoms. The quantitative estimate of drug-likeness (QED) is 0.736. The summed E-state index contributed by atoms with van der Waals surface area (Å²) in [7, 11) is 0. The van der Waals surface area contributed by atoms with Gasteiger partial charge in [-0.05, 0) is 49.2 Å². The van der Waals surface area contributed by atoms with Crippen LogP contribution in [0.2, 0.25) is 0 Å². The maximum Gasteiger partial charge on any atom is 0.337 e. The predicted molar refractivity (Wildman–Crippen MR) is 77.0 cm³/mol. The number of hydrogen-bond donors (Lipinski definition) is 3. The van der Waals surface area contributed by atoms with Crippen molar-refractivity contribution in [1.29, 1.82) is 0 Å². The number of benzene rings is 2. The van der Waals surface area contributed by atoms with E-state index in [1.807, 2.05) is 19.9 Å². The monoisotopic (exact) mass is 256 g/mol. The van der Waals surface area contributed by atoms with Gasteiger partial charge in [0.1, 0.15) is 0 Å². The van der Waals surface area contributed by atoms with E-state index in [-0.39, 0.29) is 5.56 Å². The van der Waals surface area contributed by atoms with Crippen LogP contribution in [0.5, 0.6) is 0 Å². The van der Waals surface area contributed by atoms with Crippen molar-refractivity contribution in [3.05, 3.63) is 53.1 Å². The third-order valence-corrected chi connectivity index (χ3v) is 3.12. The first-order chi connectivity index (χ1) is 8.99. The van der Waals surface area contributed by atoms with Gasteiger partial charge in [-0.25, -0.2) is 4.79 Å².